The predicted molar refractivity (Wildman–Crippen MR) is 52.1 cm³/mol. The van der Waals surface area contributed by atoms with Crippen molar-refractivity contribution < 1.29 is 0 Å². The van der Waals surface area contributed by atoms with Gasteiger partial charge in [0.2, 0.25) is 0 Å². The van der Waals surface area contributed by atoms with Crippen LogP contribution in [0.25, 0.3) is 0 Å². The average molecular weight is 164 g/mol. The first-order valence-electron chi connectivity index (χ1n) is 4.38. The Kier molecular flexibility index (Phi) is 4.42. The first kappa shape index (κ1) is 9.23. The highest BCUT2D eigenvalue weighted by molar-refractivity contribution is 5.14. The van der Waals surface area contributed by atoms with Crippen LogP contribution in [0.2, 0.25) is 0 Å². The molecule has 0 spiro atoms. The van der Waals surface area contributed by atoms with E-state index in [9.17, 15) is 0 Å². The van der Waals surface area contributed by atoms with E-state index in [1.807, 2.05) is 18.2 Å². The molecule has 2 heteroatoms. The van der Waals surface area contributed by atoms with Crippen molar-refractivity contribution in [1.82, 2.24) is 5.32 Å². The first-order chi connectivity index (χ1) is 5.93. The molecule has 1 aliphatic rings. The third-order valence-electron chi connectivity index (χ3n) is 1.53. The van der Waals surface area contributed by atoms with Crippen molar-refractivity contribution in [3.63, 3.8) is 0 Å². The Hall–Kier alpha value is -0.860. The molecule has 1 fully saturated rings. The standard InChI is InChI=1S/C8H11N.C2H5N/c9-7-6-8-4-2-1-3-5-8;1-2-3-1/h1-5H,6-7,9H2;3H,1-2H2. The van der Waals surface area contributed by atoms with E-state index in [2.05, 4.69) is 17.4 Å². The van der Waals surface area contributed by atoms with Crippen molar-refractivity contribution >= 4 is 0 Å². The SMILES string of the molecule is C1CN1.NCCc1ccccc1. The first-order valence-corrected chi connectivity index (χ1v) is 4.38. The highest BCUT2D eigenvalue weighted by Gasteiger charge is 1.91. The minimum absolute atomic E-state index is 0.740. The van der Waals surface area contributed by atoms with Gasteiger partial charge in [-0.1, -0.05) is 30.3 Å². The van der Waals surface area contributed by atoms with Gasteiger partial charge < -0.3 is 11.1 Å². The molecule has 0 radical (unpaired) electrons. The lowest BCUT2D eigenvalue weighted by molar-refractivity contribution is 0.969. The van der Waals surface area contributed by atoms with Gasteiger partial charge in [-0.3, -0.25) is 0 Å². The summed E-state index contributed by atoms with van der Waals surface area (Å²) < 4.78 is 0. The molecule has 0 aromatic heterocycles. The summed E-state index contributed by atoms with van der Waals surface area (Å²) in [5.41, 5.74) is 6.68. The largest absolute Gasteiger partial charge is 0.330 e. The molecular formula is C10H16N2. The van der Waals surface area contributed by atoms with E-state index in [0.29, 0.717) is 0 Å². The van der Waals surface area contributed by atoms with Gasteiger partial charge >= 0.3 is 0 Å². The summed E-state index contributed by atoms with van der Waals surface area (Å²) in [7, 11) is 0. The summed E-state index contributed by atoms with van der Waals surface area (Å²) in [6.45, 7) is 3.24. The van der Waals surface area contributed by atoms with Crippen molar-refractivity contribution in [3.05, 3.63) is 35.9 Å². The third kappa shape index (κ3) is 4.88. The Morgan fingerprint density at radius 1 is 1.17 bits per heavy atom. The number of hydrogen-bond acceptors (Lipinski definition) is 2. The molecule has 0 atom stereocenters. The number of benzene rings is 1. The molecule has 1 aromatic rings. The van der Waals surface area contributed by atoms with Crippen LogP contribution in [0.3, 0.4) is 0 Å². The Labute approximate surface area is 73.8 Å². The molecule has 0 saturated carbocycles. The van der Waals surface area contributed by atoms with Gasteiger partial charge in [0, 0.05) is 13.1 Å². The van der Waals surface area contributed by atoms with E-state index in [-0.39, 0.29) is 0 Å². The van der Waals surface area contributed by atoms with Gasteiger partial charge in [0.05, 0.1) is 0 Å². The summed E-state index contributed by atoms with van der Waals surface area (Å²) in [5, 5.41) is 3.00. The molecule has 1 heterocycles. The molecule has 0 aliphatic carbocycles. The molecule has 2 rings (SSSR count). The second-order valence-electron chi connectivity index (χ2n) is 2.77. The monoisotopic (exact) mass is 164 g/mol. The number of rotatable bonds is 2. The van der Waals surface area contributed by atoms with E-state index in [0.717, 1.165) is 13.0 Å². The molecule has 3 N–H and O–H groups in total. The second-order valence-corrected chi connectivity index (χ2v) is 2.77. The molecule has 0 unspecified atom stereocenters. The fourth-order valence-corrected chi connectivity index (χ4v) is 0.811. The van der Waals surface area contributed by atoms with E-state index in [1.165, 1.54) is 18.7 Å². The number of nitrogens with two attached hydrogens (primary N) is 1. The van der Waals surface area contributed by atoms with Gasteiger partial charge in [0.15, 0.2) is 0 Å². The van der Waals surface area contributed by atoms with Crippen LogP contribution in [0.4, 0.5) is 0 Å². The Balaban J connectivity index is 0.000000200. The van der Waals surface area contributed by atoms with Crippen molar-refractivity contribution in [3.8, 4) is 0 Å². The molecule has 0 amide bonds. The number of hydrogen-bond donors (Lipinski definition) is 2. The molecule has 1 aromatic carbocycles. The second kappa shape index (κ2) is 5.75. The van der Waals surface area contributed by atoms with E-state index < -0.39 is 0 Å². The minimum Gasteiger partial charge on any atom is -0.330 e. The van der Waals surface area contributed by atoms with Crippen LogP contribution >= 0.6 is 0 Å². The van der Waals surface area contributed by atoms with Crippen LogP contribution in [0.15, 0.2) is 30.3 Å². The predicted octanol–water partition coefficient (Wildman–Crippen LogP) is 0.777. The topological polar surface area (TPSA) is 48.0 Å². The molecule has 0 bridgehead atoms. The fraction of sp³-hybridized carbons (Fsp3) is 0.400. The zero-order valence-electron chi connectivity index (χ0n) is 7.29. The lowest BCUT2D eigenvalue weighted by Crippen LogP contribution is -2.01. The summed E-state index contributed by atoms with van der Waals surface area (Å²) in [5.74, 6) is 0. The van der Waals surface area contributed by atoms with Crippen molar-refractivity contribution in [2.75, 3.05) is 19.6 Å². The van der Waals surface area contributed by atoms with Gasteiger partial charge in [-0.05, 0) is 18.5 Å². The van der Waals surface area contributed by atoms with Crippen LogP contribution in [0.5, 0.6) is 0 Å². The molecule has 2 nitrogen and oxygen atoms in total. The minimum atomic E-state index is 0.740. The maximum atomic E-state index is 5.36. The van der Waals surface area contributed by atoms with Gasteiger partial charge in [-0.25, -0.2) is 0 Å². The number of nitrogens with one attached hydrogen (secondary N) is 1. The van der Waals surface area contributed by atoms with Crippen molar-refractivity contribution in [2.45, 2.75) is 6.42 Å². The zero-order valence-corrected chi connectivity index (χ0v) is 7.29. The zero-order chi connectivity index (χ0) is 8.65. The fourth-order valence-electron chi connectivity index (χ4n) is 0.811. The molecule has 1 aliphatic heterocycles. The maximum Gasteiger partial charge on any atom is 0.00772 e. The van der Waals surface area contributed by atoms with Crippen molar-refractivity contribution in [1.29, 1.82) is 0 Å². The van der Waals surface area contributed by atoms with Crippen LogP contribution in [-0.2, 0) is 6.42 Å². The Morgan fingerprint density at radius 3 is 2.17 bits per heavy atom. The van der Waals surface area contributed by atoms with E-state index in [4.69, 9.17) is 5.73 Å². The molecule has 12 heavy (non-hydrogen) atoms. The van der Waals surface area contributed by atoms with Gasteiger partial charge in [0.1, 0.15) is 0 Å². The average Bonchev–Trinajstić information content (AvgIpc) is 2.93. The maximum absolute atomic E-state index is 5.36. The lowest BCUT2D eigenvalue weighted by atomic mass is 10.2. The Morgan fingerprint density at radius 2 is 1.75 bits per heavy atom. The van der Waals surface area contributed by atoms with E-state index >= 15 is 0 Å². The lowest BCUT2D eigenvalue weighted by Gasteiger charge is -1.93. The third-order valence-corrected chi connectivity index (χ3v) is 1.53. The molecule has 66 valence electrons. The summed E-state index contributed by atoms with van der Waals surface area (Å²) in [6, 6.07) is 10.3. The molecule has 1 saturated heterocycles. The quantitative estimate of drug-likeness (QED) is 0.634. The van der Waals surface area contributed by atoms with E-state index in [1.54, 1.807) is 0 Å². The summed E-state index contributed by atoms with van der Waals surface area (Å²) in [4.78, 5) is 0. The van der Waals surface area contributed by atoms with Crippen LogP contribution in [0.1, 0.15) is 5.56 Å². The summed E-state index contributed by atoms with van der Waals surface area (Å²) in [6.07, 6.45) is 0.987. The van der Waals surface area contributed by atoms with Crippen molar-refractivity contribution in [2.24, 2.45) is 5.73 Å². The summed E-state index contributed by atoms with van der Waals surface area (Å²) >= 11 is 0. The van der Waals surface area contributed by atoms with Crippen LogP contribution < -0.4 is 11.1 Å². The normalized spacial score (nSPS) is 13.1. The van der Waals surface area contributed by atoms with Gasteiger partial charge in [-0.2, -0.15) is 0 Å². The van der Waals surface area contributed by atoms with Gasteiger partial charge in [-0.15, -0.1) is 0 Å². The van der Waals surface area contributed by atoms with Crippen LogP contribution in [-0.4, -0.2) is 19.6 Å². The van der Waals surface area contributed by atoms with Gasteiger partial charge in [0.25, 0.3) is 0 Å². The highest BCUT2D eigenvalue weighted by atomic mass is 15.0. The van der Waals surface area contributed by atoms with Crippen LogP contribution in [0, 0.1) is 0 Å². The smallest absolute Gasteiger partial charge is 0.00772 e. The molecular weight excluding hydrogens is 148 g/mol. The Bertz CT molecular complexity index is 191. The highest BCUT2D eigenvalue weighted by Crippen LogP contribution is 1.96.